The van der Waals surface area contributed by atoms with Crippen molar-refractivity contribution in [2.24, 2.45) is 0 Å². The predicted octanol–water partition coefficient (Wildman–Crippen LogP) is 5.34. The van der Waals surface area contributed by atoms with Gasteiger partial charge in [0.15, 0.2) is 0 Å². The van der Waals surface area contributed by atoms with Crippen LogP contribution in [0.25, 0.3) is 0 Å². The van der Waals surface area contributed by atoms with Crippen molar-refractivity contribution in [2.45, 2.75) is 26.7 Å². The molecule has 0 amide bonds. The average molecular weight is 485 g/mol. The first-order valence-corrected chi connectivity index (χ1v) is 11.3. The summed E-state index contributed by atoms with van der Waals surface area (Å²) in [6, 6.07) is 14.5. The normalized spacial score (nSPS) is 10.4. The van der Waals surface area contributed by atoms with E-state index in [9.17, 15) is 9.59 Å². The highest BCUT2D eigenvalue weighted by atomic mass is 16.5. The minimum absolute atomic E-state index is 0.230. The molecule has 0 fully saturated rings. The monoisotopic (exact) mass is 484 g/mol. The van der Waals surface area contributed by atoms with E-state index in [-0.39, 0.29) is 12.6 Å². The molecule has 184 valence electrons. The van der Waals surface area contributed by atoms with E-state index in [0.29, 0.717) is 30.8 Å². The van der Waals surface area contributed by atoms with E-state index in [1.807, 2.05) is 36.4 Å². The Morgan fingerprint density at radius 2 is 1.22 bits per heavy atom. The molecular weight excluding hydrogens is 456 g/mol. The van der Waals surface area contributed by atoms with Gasteiger partial charge in [-0.05, 0) is 80.4 Å². The van der Waals surface area contributed by atoms with Gasteiger partial charge < -0.3 is 18.9 Å². The van der Waals surface area contributed by atoms with Gasteiger partial charge in [-0.15, -0.1) is 5.92 Å². The lowest BCUT2D eigenvalue weighted by Gasteiger charge is -2.02. The van der Waals surface area contributed by atoms with Crippen LogP contribution in [-0.4, -0.2) is 25.2 Å². The van der Waals surface area contributed by atoms with Crippen LogP contribution in [0.4, 0.5) is 0 Å². The Kier molecular flexibility index (Phi) is 12.9. The molecule has 0 heterocycles. The molecular formula is C30H28O6. The van der Waals surface area contributed by atoms with E-state index < -0.39 is 5.97 Å². The molecule has 6 heteroatoms. The number of rotatable bonds is 11. The van der Waals surface area contributed by atoms with E-state index in [4.69, 9.17) is 18.9 Å². The lowest BCUT2D eigenvalue weighted by Crippen LogP contribution is -2.05. The summed E-state index contributed by atoms with van der Waals surface area (Å²) in [5, 5.41) is 0. The number of carbonyl (C=O) groups is 2. The summed E-state index contributed by atoms with van der Waals surface area (Å²) < 4.78 is 20.9. The molecule has 0 atom stereocenters. The molecule has 0 aliphatic heterocycles. The molecule has 2 aromatic rings. The number of hydrogen-bond acceptors (Lipinski definition) is 6. The Balaban J connectivity index is 1.65. The summed E-state index contributed by atoms with van der Waals surface area (Å²) in [7, 11) is 0. The van der Waals surface area contributed by atoms with E-state index in [2.05, 4.69) is 23.7 Å². The van der Waals surface area contributed by atoms with Crippen molar-refractivity contribution in [3.63, 3.8) is 0 Å². The lowest BCUT2D eigenvalue weighted by molar-refractivity contribution is -0.142. The van der Waals surface area contributed by atoms with E-state index in [1.54, 1.807) is 55.9 Å². The lowest BCUT2D eigenvalue weighted by atomic mass is 10.2. The van der Waals surface area contributed by atoms with Crippen LogP contribution in [0, 0.1) is 23.7 Å². The smallest absolute Gasteiger partial charge is 0.384 e. The van der Waals surface area contributed by atoms with Crippen LogP contribution in [-0.2, 0) is 19.1 Å². The second-order valence-corrected chi connectivity index (χ2v) is 7.13. The van der Waals surface area contributed by atoms with Gasteiger partial charge in [0.2, 0.25) is 0 Å². The van der Waals surface area contributed by atoms with Crippen molar-refractivity contribution in [2.75, 3.05) is 13.2 Å². The summed E-state index contributed by atoms with van der Waals surface area (Å²) in [4.78, 5) is 22.3. The maximum absolute atomic E-state index is 11.7. The Morgan fingerprint density at radius 1 is 0.722 bits per heavy atom. The standard InChI is InChI=1S/C30H28O6/c1-3-10-26-11-16-28(17-12-26)34-22-6-4-5-7-23-35-29-18-13-27(14-19-29)15-20-30(32)36-24-9-8-21-33-25(2)31/h4-7,11-14,16-19,22-23H,8-9,21,24H2,1-2H3/b5-4+,22-6+,23-7-. The topological polar surface area (TPSA) is 71.1 Å². The zero-order valence-corrected chi connectivity index (χ0v) is 20.4. The summed E-state index contributed by atoms with van der Waals surface area (Å²) >= 11 is 0. The molecule has 0 radical (unpaired) electrons. The van der Waals surface area contributed by atoms with Crippen molar-refractivity contribution in [3.8, 4) is 35.2 Å². The van der Waals surface area contributed by atoms with Crippen LogP contribution in [0.2, 0.25) is 0 Å². The number of benzene rings is 2. The van der Waals surface area contributed by atoms with Crippen molar-refractivity contribution in [3.05, 3.63) is 96.5 Å². The Morgan fingerprint density at radius 3 is 1.72 bits per heavy atom. The number of carbonyl (C=O) groups excluding carboxylic acids is 2. The van der Waals surface area contributed by atoms with E-state index in [0.717, 1.165) is 11.3 Å². The summed E-state index contributed by atoms with van der Waals surface area (Å²) in [6.45, 7) is 3.70. The van der Waals surface area contributed by atoms with Gasteiger partial charge >= 0.3 is 11.9 Å². The van der Waals surface area contributed by atoms with Crippen LogP contribution in [0.5, 0.6) is 11.5 Å². The largest absolute Gasteiger partial charge is 0.466 e. The molecule has 0 saturated heterocycles. The number of unbranched alkanes of at least 4 members (excludes halogenated alkanes) is 1. The van der Waals surface area contributed by atoms with Crippen molar-refractivity contribution < 1.29 is 28.5 Å². The third kappa shape index (κ3) is 12.5. The molecule has 36 heavy (non-hydrogen) atoms. The highest BCUT2D eigenvalue weighted by molar-refractivity contribution is 5.89. The number of allylic oxidation sites excluding steroid dienone is 4. The SMILES string of the molecule is CC#Cc1ccc(O/C=C/C=C/C=C\Oc2ccc(C#CC(=O)OCCCCOC(C)=O)cc2)cc1. The fraction of sp³-hybridized carbons (Fsp3) is 0.200. The number of hydrogen-bond donors (Lipinski definition) is 0. The zero-order chi connectivity index (χ0) is 25.8. The van der Waals surface area contributed by atoms with Crippen LogP contribution in [0.3, 0.4) is 0 Å². The molecule has 0 N–H and O–H groups in total. The highest BCUT2D eigenvalue weighted by Gasteiger charge is 1.98. The molecule has 0 unspecified atom stereocenters. The minimum atomic E-state index is -0.600. The number of esters is 2. The Hall–Kier alpha value is -4.68. The van der Waals surface area contributed by atoms with Gasteiger partial charge in [-0.1, -0.05) is 24.0 Å². The van der Waals surface area contributed by atoms with Crippen LogP contribution < -0.4 is 9.47 Å². The summed E-state index contributed by atoms with van der Waals surface area (Å²) in [6.07, 6.45) is 11.5. The van der Waals surface area contributed by atoms with E-state index in [1.165, 1.54) is 6.92 Å². The van der Waals surface area contributed by atoms with Gasteiger partial charge in [0.25, 0.3) is 0 Å². The van der Waals surface area contributed by atoms with Gasteiger partial charge in [-0.2, -0.15) is 0 Å². The Bertz CT molecular complexity index is 1180. The number of ether oxygens (including phenoxy) is 4. The minimum Gasteiger partial charge on any atom is -0.466 e. The maximum Gasteiger partial charge on any atom is 0.384 e. The molecule has 6 nitrogen and oxygen atoms in total. The van der Waals surface area contributed by atoms with Crippen LogP contribution in [0.1, 0.15) is 37.8 Å². The second kappa shape index (κ2) is 16.9. The quantitative estimate of drug-likeness (QED) is 0.141. The maximum atomic E-state index is 11.7. The molecule has 0 aliphatic carbocycles. The van der Waals surface area contributed by atoms with Gasteiger partial charge in [0.05, 0.1) is 25.7 Å². The van der Waals surface area contributed by atoms with Crippen LogP contribution >= 0.6 is 0 Å². The first kappa shape index (κ1) is 27.6. The van der Waals surface area contributed by atoms with E-state index >= 15 is 0 Å². The van der Waals surface area contributed by atoms with Gasteiger partial charge in [-0.25, -0.2) is 4.79 Å². The molecule has 0 aliphatic rings. The fourth-order valence-electron chi connectivity index (χ4n) is 2.58. The summed E-state index contributed by atoms with van der Waals surface area (Å²) in [5.74, 6) is 11.5. The van der Waals surface area contributed by atoms with Crippen molar-refractivity contribution in [1.82, 2.24) is 0 Å². The van der Waals surface area contributed by atoms with Gasteiger partial charge in [0, 0.05) is 24.0 Å². The highest BCUT2D eigenvalue weighted by Crippen LogP contribution is 2.13. The molecule has 0 spiro atoms. The third-order valence-corrected chi connectivity index (χ3v) is 4.26. The zero-order valence-electron chi connectivity index (χ0n) is 20.4. The molecule has 0 aromatic heterocycles. The third-order valence-electron chi connectivity index (χ3n) is 4.26. The predicted molar refractivity (Wildman–Crippen MR) is 138 cm³/mol. The van der Waals surface area contributed by atoms with Gasteiger partial charge in [-0.3, -0.25) is 4.79 Å². The molecule has 0 saturated carbocycles. The summed E-state index contributed by atoms with van der Waals surface area (Å²) in [5.41, 5.74) is 1.61. The molecule has 0 bridgehead atoms. The average Bonchev–Trinajstić information content (AvgIpc) is 2.88. The fourth-order valence-corrected chi connectivity index (χ4v) is 2.58. The van der Waals surface area contributed by atoms with Crippen molar-refractivity contribution in [1.29, 1.82) is 0 Å². The second-order valence-electron chi connectivity index (χ2n) is 7.13. The van der Waals surface area contributed by atoms with Crippen LogP contribution in [0.15, 0.2) is 85.4 Å². The Labute approximate surface area is 212 Å². The molecule has 2 rings (SSSR count). The molecule has 2 aromatic carbocycles. The van der Waals surface area contributed by atoms with Crippen molar-refractivity contribution >= 4 is 11.9 Å². The first-order valence-electron chi connectivity index (χ1n) is 11.3. The van der Waals surface area contributed by atoms with Gasteiger partial charge in [0.1, 0.15) is 11.5 Å². The first-order chi connectivity index (χ1) is 17.6.